The number of aliphatic hydroxyl groups is 1. The molecule has 1 aromatic rings. The molecule has 1 aromatic heterocycles. The molecule has 0 spiro atoms. The molecular formula is C12H21N3O2. The van der Waals surface area contributed by atoms with Gasteiger partial charge in [-0.25, -0.2) is 4.98 Å². The van der Waals surface area contributed by atoms with E-state index in [-0.39, 0.29) is 5.91 Å². The van der Waals surface area contributed by atoms with Crippen LogP contribution in [-0.4, -0.2) is 33.2 Å². The Bertz CT molecular complexity index is 310. The lowest BCUT2D eigenvalue weighted by atomic mass is 10.2. The van der Waals surface area contributed by atoms with Crippen LogP contribution in [0.25, 0.3) is 0 Å². The van der Waals surface area contributed by atoms with Crippen LogP contribution < -0.4 is 5.32 Å². The van der Waals surface area contributed by atoms with Gasteiger partial charge in [-0.2, -0.15) is 0 Å². The minimum atomic E-state index is -0.401. The molecule has 0 fully saturated rings. The van der Waals surface area contributed by atoms with Gasteiger partial charge in [-0.05, 0) is 26.2 Å². The van der Waals surface area contributed by atoms with E-state index in [9.17, 15) is 4.79 Å². The minimum absolute atomic E-state index is 0.0218. The SMILES string of the molecule is CC(O)CCC(=O)NCCCCn1ccnc1. The summed E-state index contributed by atoms with van der Waals surface area (Å²) in [6, 6.07) is 0. The summed E-state index contributed by atoms with van der Waals surface area (Å²) in [6.45, 7) is 3.33. The predicted octanol–water partition coefficient (Wildman–Crippen LogP) is 0.940. The fraction of sp³-hybridized carbons (Fsp3) is 0.667. The van der Waals surface area contributed by atoms with Crippen molar-refractivity contribution in [3.63, 3.8) is 0 Å². The molecule has 1 heterocycles. The summed E-state index contributed by atoms with van der Waals surface area (Å²) < 4.78 is 2.02. The van der Waals surface area contributed by atoms with Crippen molar-refractivity contribution in [3.8, 4) is 0 Å². The molecule has 5 nitrogen and oxygen atoms in total. The number of nitrogens with one attached hydrogen (secondary N) is 1. The summed E-state index contributed by atoms with van der Waals surface area (Å²) in [5.74, 6) is 0.0218. The van der Waals surface area contributed by atoms with Crippen molar-refractivity contribution in [3.05, 3.63) is 18.7 Å². The van der Waals surface area contributed by atoms with Crippen molar-refractivity contribution in [2.75, 3.05) is 6.54 Å². The molecule has 1 unspecified atom stereocenters. The monoisotopic (exact) mass is 239 g/mol. The summed E-state index contributed by atoms with van der Waals surface area (Å²) in [5, 5.41) is 11.9. The van der Waals surface area contributed by atoms with E-state index >= 15 is 0 Å². The normalized spacial score (nSPS) is 12.4. The molecule has 1 rings (SSSR count). The molecule has 96 valence electrons. The number of aliphatic hydroxyl groups excluding tert-OH is 1. The molecular weight excluding hydrogens is 218 g/mol. The first kappa shape index (κ1) is 13.7. The van der Waals surface area contributed by atoms with Crippen molar-refractivity contribution < 1.29 is 9.90 Å². The van der Waals surface area contributed by atoms with Crippen molar-refractivity contribution in [1.82, 2.24) is 14.9 Å². The zero-order valence-electron chi connectivity index (χ0n) is 10.3. The van der Waals surface area contributed by atoms with Crippen LogP contribution in [0.4, 0.5) is 0 Å². The number of amides is 1. The molecule has 0 aliphatic rings. The summed E-state index contributed by atoms with van der Waals surface area (Å²) in [7, 11) is 0. The molecule has 0 aliphatic carbocycles. The third-order valence-electron chi connectivity index (χ3n) is 2.51. The van der Waals surface area contributed by atoms with Crippen LogP contribution in [0, 0.1) is 0 Å². The Labute approximate surface area is 102 Å². The lowest BCUT2D eigenvalue weighted by Crippen LogP contribution is -2.25. The molecule has 17 heavy (non-hydrogen) atoms. The number of hydrogen-bond acceptors (Lipinski definition) is 3. The van der Waals surface area contributed by atoms with Gasteiger partial charge in [0.2, 0.25) is 5.91 Å². The maximum atomic E-state index is 11.3. The average Bonchev–Trinajstić information content (AvgIpc) is 2.79. The molecule has 0 bridgehead atoms. The number of aromatic nitrogens is 2. The van der Waals surface area contributed by atoms with Crippen LogP contribution in [-0.2, 0) is 11.3 Å². The molecule has 1 atom stereocenters. The quantitative estimate of drug-likeness (QED) is 0.663. The van der Waals surface area contributed by atoms with Gasteiger partial charge in [0.15, 0.2) is 0 Å². The molecule has 5 heteroatoms. The molecule has 0 aromatic carbocycles. The van der Waals surface area contributed by atoms with Crippen molar-refractivity contribution in [2.24, 2.45) is 0 Å². The number of unbranched alkanes of at least 4 members (excludes halogenated alkanes) is 1. The first-order valence-electron chi connectivity index (χ1n) is 6.09. The Morgan fingerprint density at radius 3 is 3.00 bits per heavy atom. The molecule has 0 aliphatic heterocycles. The second-order valence-corrected chi connectivity index (χ2v) is 4.25. The Hall–Kier alpha value is -1.36. The van der Waals surface area contributed by atoms with Crippen molar-refractivity contribution in [1.29, 1.82) is 0 Å². The number of carbonyl (C=O) groups excluding carboxylic acids is 1. The second kappa shape index (κ2) is 7.84. The van der Waals surface area contributed by atoms with Gasteiger partial charge < -0.3 is 15.0 Å². The lowest BCUT2D eigenvalue weighted by Gasteiger charge is -2.06. The Kier molecular flexibility index (Phi) is 6.32. The summed E-state index contributed by atoms with van der Waals surface area (Å²) >= 11 is 0. The van der Waals surface area contributed by atoms with E-state index in [1.54, 1.807) is 19.4 Å². The van der Waals surface area contributed by atoms with E-state index in [0.717, 1.165) is 19.4 Å². The van der Waals surface area contributed by atoms with Crippen molar-refractivity contribution in [2.45, 2.75) is 45.3 Å². The van der Waals surface area contributed by atoms with Crippen LogP contribution >= 0.6 is 0 Å². The minimum Gasteiger partial charge on any atom is -0.393 e. The number of nitrogens with zero attached hydrogens (tertiary/aromatic N) is 2. The van der Waals surface area contributed by atoms with E-state index in [1.807, 2.05) is 10.8 Å². The van der Waals surface area contributed by atoms with Gasteiger partial charge in [-0.3, -0.25) is 4.79 Å². The summed E-state index contributed by atoms with van der Waals surface area (Å²) in [6.07, 6.45) is 7.99. The van der Waals surface area contributed by atoms with Gasteiger partial charge >= 0.3 is 0 Å². The fourth-order valence-electron chi connectivity index (χ4n) is 1.49. The molecule has 0 radical (unpaired) electrons. The Balaban J connectivity index is 1.95. The van der Waals surface area contributed by atoms with E-state index in [4.69, 9.17) is 5.11 Å². The topological polar surface area (TPSA) is 67.2 Å². The first-order valence-corrected chi connectivity index (χ1v) is 6.09. The number of aryl methyl sites for hydroxylation is 1. The lowest BCUT2D eigenvalue weighted by molar-refractivity contribution is -0.121. The zero-order chi connectivity index (χ0) is 12.5. The Morgan fingerprint density at radius 2 is 2.35 bits per heavy atom. The molecule has 0 saturated carbocycles. The maximum Gasteiger partial charge on any atom is 0.220 e. The van der Waals surface area contributed by atoms with Gasteiger partial charge in [0, 0.05) is 31.9 Å². The summed E-state index contributed by atoms with van der Waals surface area (Å²) in [5.41, 5.74) is 0. The maximum absolute atomic E-state index is 11.3. The highest BCUT2D eigenvalue weighted by molar-refractivity contribution is 5.75. The highest BCUT2D eigenvalue weighted by atomic mass is 16.3. The molecule has 0 saturated heterocycles. The zero-order valence-corrected chi connectivity index (χ0v) is 10.3. The second-order valence-electron chi connectivity index (χ2n) is 4.25. The number of carbonyl (C=O) groups is 1. The van der Waals surface area contributed by atoms with Gasteiger partial charge in [0.1, 0.15) is 0 Å². The van der Waals surface area contributed by atoms with Gasteiger partial charge in [-0.1, -0.05) is 0 Å². The summed E-state index contributed by atoms with van der Waals surface area (Å²) in [4.78, 5) is 15.3. The van der Waals surface area contributed by atoms with Gasteiger partial charge in [0.25, 0.3) is 0 Å². The smallest absolute Gasteiger partial charge is 0.220 e. The van der Waals surface area contributed by atoms with E-state index in [1.165, 1.54) is 0 Å². The van der Waals surface area contributed by atoms with Gasteiger partial charge in [-0.15, -0.1) is 0 Å². The van der Waals surface area contributed by atoms with Crippen LogP contribution in [0.3, 0.4) is 0 Å². The van der Waals surface area contributed by atoms with E-state index in [0.29, 0.717) is 19.4 Å². The van der Waals surface area contributed by atoms with Crippen LogP contribution in [0.2, 0.25) is 0 Å². The van der Waals surface area contributed by atoms with Crippen LogP contribution in [0.1, 0.15) is 32.6 Å². The molecule has 1 amide bonds. The highest BCUT2D eigenvalue weighted by Gasteiger charge is 2.02. The van der Waals surface area contributed by atoms with Crippen molar-refractivity contribution >= 4 is 5.91 Å². The van der Waals surface area contributed by atoms with E-state index < -0.39 is 6.10 Å². The molecule has 2 N–H and O–H groups in total. The first-order chi connectivity index (χ1) is 8.18. The predicted molar refractivity (Wildman–Crippen MR) is 65.4 cm³/mol. The average molecular weight is 239 g/mol. The largest absolute Gasteiger partial charge is 0.393 e. The number of hydrogen-bond donors (Lipinski definition) is 2. The third-order valence-corrected chi connectivity index (χ3v) is 2.51. The third kappa shape index (κ3) is 6.73. The number of imidazole rings is 1. The van der Waals surface area contributed by atoms with E-state index in [2.05, 4.69) is 10.3 Å². The standard InChI is InChI=1S/C12H21N3O2/c1-11(16)4-5-12(17)14-6-2-3-8-15-9-7-13-10-15/h7,9-11,16H,2-6,8H2,1H3,(H,14,17). The number of rotatable bonds is 8. The van der Waals surface area contributed by atoms with Crippen LogP contribution in [0.15, 0.2) is 18.7 Å². The highest BCUT2D eigenvalue weighted by Crippen LogP contribution is 1.97. The Morgan fingerprint density at radius 1 is 1.53 bits per heavy atom. The van der Waals surface area contributed by atoms with Gasteiger partial charge in [0.05, 0.1) is 12.4 Å². The van der Waals surface area contributed by atoms with Crippen LogP contribution in [0.5, 0.6) is 0 Å². The fourth-order valence-corrected chi connectivity index (χ4v) is 1.49.